The second-order valence-electron chi connectivity index (χ2n) is 7.19. The third-order valence-corrected chi connectivity index (χ3v) is 5.18. The van der Waals surface area contributed by atoms with E-state index >= 15 is 0 Å². The molecule has 1 N–H and O–H groups in total. The van der Waals surface area contributed by atoms with Crippen molar-refractivity contribution in [1.82, 2.24) is 14.9 Å². The van der Waals surface area contributed by atoms with Crippen LogP contribution in [0.1, 0.15) is 43.0 Å². The number of aryl methyl sites for hydroxylation is 1. The molecule has 1 aliphatic heterocycles. The second-order valence-corrected chi connectivity index (χ2v) is 7.19. The summed E-state index contributed by atoms with van der Waals surface area (Å²) >= 11 is 0. The Hall–Kier alpha value is -2.01. The minimum Gasteiger partial charge on any atom is -0.493 e. The van der Waals surface area contributed by atoms with Gasteiger partial charge in [-0.3, -0.25) is 0 Å². The van der Waals surface area contributed by atoms with Gasteiger partial charge in [0, 0.05) is 37.9 Å². The molecule has 0 spiro atoms. The molecule has 1 saturated carbocycles. The summed E-state index contributed by atoms with van der Waals surface area (Å²) < 4.78 is 13.7. The van der Waals surface area contributed by atoms with Crippen LogP contribution < -0.4 is 14.8 Å². The van der Waals surface area contributed by atoms with Gasteiger partial charge in [-0.25, -0.2) is 4.98 Å². The number of ether oxygens (including phenoxy) is 2. The van der Waals surface area contributed by atoms with Crippen molar-refractivity contribution in [3.8, 4) is 11.5 Å². The second kappa shape index (κ2) is 7.48. The van der Waals surface area contributed by atoms with E-state index in [2.05, 4.69) is 33.2 Å². The largest absolute Gasteiger partial charge is 0.493 e. The first-order valence-corrected chi connectivity index (χ1v) is 9.35. The number of fused-ring (bicyclic) bond motifs is 1. The first-order chi connectivity index (χ1) is 12.3. The van der Waals surface area contributed by atoms with Crippen LogP contribution in [0, 0.1) is 5.92 Å². The Morgan fingerprint density at radius 2 is 2.16 bits per heavy atom. The lowest BCUT2D eigenvalue weighted by Gasteiger charge is -2.23. The van der Waals surface area contributed by atoms with E-state index in [0.29, 0.717) is 5.92 Å². The van der Waals surface area contributed by atoms with Crippen molar-refractivity contribution in [2.24, 2.45) is 5.92 Å². The highest BCUT2D eigenvalue weighted by Crippen LogP contribution is 2.33. The molecule has 2 aliphatic rings. The smallest absolute Gasteiger partial charge is 0.161 e. The molecule has 0 amide bonds. The third-order valence-electron chi connectivity index (χ3n) is 5.18. The van der Waals surface area contributed by atoms with E-state index in [1.807, 2.05) is 12.3 Å². The molecular formula is C20H27N3O2. The summed E-state index contributed by atoms with van der Waals surface area (Å²) in [5.74, 6) is 4.15. The summed E-state index contributed by atoms with van der Waals surface area (Å²) in [6.45, 7) is 3.70. The monoisotopic (exact) mass is 341 g/mol. The van der Waals surface area contributed by atoms with Gasteiger partial charge < -0.3 is 19.4 Å². The zero-order valence-electron chi connectivity index (χ0n) is 14.9. The van der Waals surface area contributed by atoms with Gasteiger partial charge in [0.2, 0.25) is 0 Å². The summed E-state index contributed by atoms with van der Waals surface area (Å²) in [6, 6.07) is 6.22. The number of methoxy groups -OCH3 is 1. The summed E-state index contributed by atoms with van der Waals surface area (Å²) in [5.41, 5.74) is 1.23. The number of nitrogens with one attached hydrogen (secondary N) is 1. The molecule has 0 radical (unpaired) electrons. The van der Waals surface area contributed by atoms with Gasteiger partial charge in [0.25, 0.3) is 0 Å². The molecule has 5 nitrogen and oxygen atoms in total. The van der Waals surface area contributed by atoms with Crippen LogP contribution in [0.15, 0.2) is 30.6 Å². The Bertz CT molecular complexity index is 709. The summed E-state index contributed by atoms with van der Waals surface area (Å²) in [6.07, 6.45) is 9.04. The van der Waals surface area contributed by atoms with E-state index in [9.17, 15) is 0 Å². The lowest BCUT2D eigenvalue weighted by Crippen LogP contribution is -2.26. The van der Waals surface area contributed by atoms with Crippen molar-refractivity contribution in [3.05, 3.63) is 42.0 Å². The van der Waals surface area contributed by atoms with Gasteiger partial charge in [0.15, 0.2) is 11.5 Å². The van der Waals surface area contributed by atoms with Crippen molar-refractivity contribution >= 4 is 0 Å². The van der Waals surface area contributed by atoms with E-state index in [-0.39, 0.29) is 0 Å². The molecule has 134 valence electrons. The summed E-state index contributed by atoms with van der Waals surface area (Å²) in [4.78, 5) is 4.53. The number of rotatable bonds is 8. The predicted molar refractivity (Wildman–Crippen MR) is 97.1 cm³/mol. The Kier molecular flexibility index (Phi) is 4.92. The SMILES string of the molecule is COc1ccc(CNC[C@@H]2CCCn3ccnc32)cc1OCC1CC1. The molecule has 1 atom stereocenters. The molecule has 1 aliphatic carbocycles. The molecule has 0 saturated heterocycles. The van der Waals surface area contributed by atoms with Crippen LogP contribution in [0.3, 0.4) is 0 Å². The first-order valence-electron chi connectivity index (χ1n) is 9.35. The fourth-order valence-electron chi connectivity index (χ4n) is 3.53. The van der Waals surface area contributed by atoms with Crippen molar-refractivity contribution in [3.63, 3.8) is 0 Å². The van der Waals surface area contributed by atoms with E-state index in [1.165, 1.54) is 37.1 Å². The maximum absolute atomic E-state index is 5.96. The standard InChI is InChI=1S/C20H27N3O2/c1-24-18-7-6-16(11-19(18)25-14-15-4-5-15)12-21-13-17-3-2-9-23-10-8-22-20(17)23/h6-8,10-11,15,17,21H,2-5,9,12-14H2,1H3/t17-/m0/s1. The predicted octanol–water partition coefficient (Wildman–Crippen LogP) is 3.35. The Morgan fingerprint density at radius 3 is 3.00 bits per heavy atom. The lowest BCUT2D eigenvalue weighted by atomic mass is 9.99. The van der Waals surface area contributed by atoms with Crippen LogP contribution in [0.25, 0.3) is 0 Å². The minimum atomic E-state index is 0.507. The van der Waals surface area contributed by atoms with Gasteiger partial charge in [-0.15, -0.1) is 0 Å². The van der Waals surface area contributed by atoms with E-state index in [4.69, 9.17) is 9.47 Å². The van der Waals surface area contributed by atoms with Gasteiger partial charge in [-0.1, -0.05) is 6.07 Å². The summed E-state index contributed by atoms with van der Waals surface area (Å²) in [5, 5.41) is 3.59. The number of nitrogens with zero attached hydrogens (tertiary/aromatic N) is 2. The number of aromatic nitrogens is 2. The van der Waals surface area contributed by atoms with Gasteiger partial charge in [0.1, 0.15) is 5.82 Å². The molecule has 1 aromatic heterocycles. The molecule has 1 aromatic carbocycles. The van der Waals surface area contributed by atoms with Gasteiger partial charge in [-0.05, 0) is 49.3 Å². The number of imidazole rings is 1. The molecule has 4 rings (SSSR count). The highest BCUT2D eigenvalue weighted by atomic mass is 16.5. The van der Waals surface area contributed by atoms with Crippen molar-refractivity contribution in [1.29, 1.82) is 0 Å². The van der Waals surface area contributed by atoms with Crippen LogP contribution in [-0.4, -0.2) is 29.8 Å². The third kappa shape index (κ3) is 3.98. The van der Waals surface area contributed by atoms with Crippen molar-refractivity contribution in [2.75, 3.05) is 20.3 Å². The number of hydrogen-bond acceptors (Lipinski definition) is 4. The van der Waals surface area contributed by atoms with Crippen LogP contribution in [0.5, 0.6) is 11.5 Å². The average molecular weight is 341 g/mol. The molecule has 1 fully saturated rings. The van der Waals surface area contributed by atoms with Crippen molar-refractivity contribution < 1.29 is 9.47 Å². The molecule has 25 heavy (non-hydrogen) atoms. The molecule has 0 bridgehead atoms. The normalized spacial score (nSPS) is 19.5. The highest BCUT2D eigenvalue weighted by molar-refractivity contribution is 5.43. The van der Waals surface area contributed by atoms with Crippen LogP contribution in [-0.2, 0) is 13.1 Å². The lowest BCUT2D eigenvalue weighted by molar-refractivity contribution is 0.280. The molecule has 0 unspecified atom stereocenters. The van der Waals surface area contributed by atoms with E-state index in [0.717, 1.165) is 43.7 Å². The van der Waals surface area contributed by atoms with Gasteiger partial charge in [0.05, 0.1) is 13.7 Å². The van der Waals surface area contributed by atoms with E-state index < -0.39 is 0 Å². The Balaban J connectivity index is 1.34. The van der Waals surface area contributed by atoms with Gasteiger partial charge in [-0.2, -0.15) is 0 Å². The van der Waals surface area contributed by atoms with Crippen LogP contribution >= 0.6 is 0 Å². The highest BCUT2D eigenvalue weighted by Gasteiger charge is 2.23. The average Bonchev–Trinajstić information content (AvgIpc) is 3.34. The molecule has 2 heterocycles. The Morgan fingerprint density at radius 1 is 1.24 bits per heavy atom. The molecular weight excluding hydrogens is 314 g/mol. The maximum atomic E-state index is 5.96. The number of hydrogen-bond donors (Lipinski definition) is 1. The van der Waals surface area contributed by atoms with Crippen molar-refractivity contribution in [2.45, 2.75) is 44.7 Å². The minimum absolute atomic E-state index is 0.507. The fourth-order valence-corrected chi connectivity index (χ4v) is 3.53. The van der Waals surface area contributed by atoms with Crippen LogP contribution in [0.2, 0.25) is 0 Å². The quantitative estimate of drug-likeness (QED) is 0.800. The number of benzene rings is 1. The Labute approximate surface area is 149 Å². The maximum Gasteiger partial charge on any atom is 0.161 e. The first kappa shape index (κ1) is 16.5. The fraction of sp³-hybridized carbons (Fsp3) is 0.550. The van der Waals surface area contributed by atoms with Crippen LogP contribution in [0.4, 0.5) is 0 Å². The van der Waals surface area contributed by atoms with Gasteiger partial charge >= 0.3 is 0 Å². The molecule has 2 aromatic rings. The summed E-state index contributed by atoms with van der Waals surface area (Å²) in [7, 11) is 1.70. The topological polar surface area (TPSA) is 48.3 Å². The van der Waals surface area contributed by atoms with E-state index in [1.54, 1.807) is 7.11 Å². The zero-order valence-corrected chi connectivity index (χ0v) is 14.9. The molecule has 5 heteroatoms. The zero-order chi connectivity index (χ0) is 17.1.